The number of carbonyl (C=O) groups excluding carboxylic acids is 3. The molecule has 0 radical (unpaired) electrons. The number of halogens is 4. The summed E-state index contributed by atoms with van der Waals surface area (Å²) in [7, 11) is 1.52. The van der Waals surface area contributed by atoms with Gasteiger partial charge in [0.25, 0.3) is 11.8 Å². The number of methoxy groups -OCH3 is 1. The summed E-state index contributed by atoms with van der Waals surface area (Å²) < 4.78 is 7.01. The molecule has 2 aliphatic heterocycles. The zero-order valence-electron chi connectivity index (χ0n) is 18.5. The number of imide groups is 1. The van der Waals surface area contributed by atoms with Gasteiger partial charge in [0.15, 0.2) is 0 Å². The monoisotopic (exact) mass is 651 g/mol. The van der Waals surface area contributed by atoms with E-state index in [4.69, 9.17) is 27.9 Å². The molecule has 184 valence electrons. The molecule has 36 heavy (non-hydrogen) atoms. The molecule has 3 aromatic carbocycles. The van der Waals surface area contributed by atoms with Crippen LogP contribution in [0, 0.1) is 5.92 Å². The van der Waals surface area contributed by atoms with Crippen LogP contribution in [0.2, 0.25) is 10.0 Å². The minimum atomic E-state index is -1.11. The van der Waals surface area contributed by atoms with Gasteiger partial charge in [-0.3, -0.25) is 19.4 Å². The lowest BCUT2D eigenvalue weighted by atomic mass is 9.90. The standard InChI is InChI=1S/C25H17Br2Cl2N3O4/c1-36-19-8-5-14(27)10-16(19)21-20-22(32(30-21)23(33)12-3-2-4-13(26)9-12)25(35)31(24(20)34)18-7-6-15(28)11-17(18)29/h2-11,20-22,30H,1H3/t20-,21+,22-/m1/s1. The largest absolute Gasteiger partial charge is 0.496 e. The van der Waals surface area contributed by atoms with E-state index >= 15 is 0 Å². The predicted octanol–water partition coefficient (Wildman–Crippen LogP) is 5.79. The van der Waals surface area contributed by atoms with Crippen molar-refractivity contribution >= 4 is 78.5 Å². The van der Waals surface area contributed by atoms with E-state index in [1.54, 1.807) is 48.5 Å². The number of nitrogens with zero attached hydrogens (tertiary/aromatic N) is 2. The topological polar surface area (TPSA) is 79.0 Å². The van der Waals surface area contributed by atoms with Crippen LogP contribution in [0.15, 0.2) is 69.6 Å². The number of benzene rings is 3. The summed E-state index contributed by atoms with van der Waals surface area (Å²) in [6.07, 6.45) is 0. The molecule has 0 spiro atoms. The number of hydrogen-bond donors (Lipinski definition) is 1. The molecule has 0 bridgehead atoms. The van der Waals surface area contributed by atoms with Gasteiger partial charge < -0.3 is 4.74 Å². The van der Waals surface area contributed by atoms with Crippen LogP contribution in [0.25, 0.3) is 0 Å². The quantitative estimate of drug-likeness (QED) is 0.361. The fraction of sp³-hybridized carbons (Fsp3) is 0.160. The van der Waals surface area contributed by atoms with Gasteiger partial charge in [-0.1, -0.05) is 61.1 Å². The van der Waals surface area contributed by atoms with Crippen LogP contribution in [0.1, 0.15) is 22.0 Å². The zero-order chi connectivity index (χ0) is 25.7. The van der Waals surface area contributed by atoms with Gasteiger partial charge in [-0.2, -0.15) is 0 Å². The number of ether oxygens (including phenoxy) is 1. The molecule has 7 nitrogen and oxygen atoms in total. The van der Waals surface area contributed by atoms with Gasteiger partial charge in [0.2, 0.25) is 5.91 Å². The summed E-state index contributed by atoms with van der Waals surface area (Å²) in [5.74, 6) is -1.93. The van der Waals surface area contributed by atoms with E-state index in [0.29, 0.717) is 26.4 Å². The van der Waals surface area contributed by atoms with Crippen LogP contribution < -0.4 is 15.1 Å². The summed E-state index contributed by atoms with van der Waals surface area (Å²) in [5, 5.41) is 1.76. The van der Waals surface area contributed by atoms with Crippen molar-refractivity contribution in [3.63, 3.8) is 0 Å². The molecule has 0 aliphatic carbocycles. The van der Waals surface area contributed by atoms with Crippen molar-refractivity contribution in [2.75, 3.05) is 12.0 Å². The van der Waals surface area contributed by atoms with Gasteiger partial charge in [0.1, 0.15) is 11.8 Å². The average Bonchev–Trinajstić information content (AvgIpc) is 3.36. The second-order valence-corrected chi connectivity index (χ2v) is 10.9. The van der Waals surface area contributed by atoms with Gasteiger partial charge in [0.05, 0.1) is 29.8 Å². The fourth-order valence-corrected chi connectivity index (χ4v) is 5.91. The van der Waals surface area contributed by atoms with E-state index in [1.807, 2.05) is 0 Å². The smallest absolute Gasteiger partial charge is 0.268 e. The van der Waals surface area contributed by atoms with Crippen LogP contribution in [0.5, 0.6) is 5.75 Å². The maximum absolute atomic E-state index is 13.8. The highest BCUT2D eigenvalue weighted by Gasteiger charge is 2.61. The minimum Gasteiger partial charge on any atom is -0.496 e. The van der Waals surface area contributed by atoms with Gasteiger partial charge in [-0.05, 0) is 54.6 Å². The van der Waals surface area contributed by atoms with Gasteiger partial charge in [-0.15, -0.1) is 0 Å². The number of hydrogen-bond acceptors (Lipinski definition) is 5. The van der Waals surface area contributed by atoms with E-state index < -0.39 is 35.7 Å². The molecule has 5 rings (SSSR count). The first-order valence-electron chi connectivity index (χ1n) is 10.7. The molecule has 2 aliphatic rings. The Labute approximate surface area is 233 Å². The number of anilines is 1. The summed E-state index contributed by atoms with van der Waals surface area (Å²) in [4.78, 5) is 42.3. The zero-order valence-corrected chi connectivity index (χ0v) is 23.2. The molecular formula is C25H17Br2Cl2N3O4. The molecule has 0 unspecified atom stereocenters. The molecule has 1 N–H and O–H groups in total. The van der Waals surface area contributed by atoms with E-state index in [0.717, 1.165) is 9.37 Å². The maximum Gasteiger partial charge on any atom is 0.268 e. The summed E-state index contributed by atoms with van der Waals surface area (Å²) in [5.41, 5.74) is 4.31. The average molecular weight is 654 g/mol. The number of carbonyl (C=O) groups is 3. The van der Waals surface area contributed by atoms with Crippen LogP contribution in [0.3, 0.4) is 0 Å². The van der Waals surface area contributed by atoms with Crippen molar-refractivity contribution < 1.29 is 19.1 Å². The van der Waals surface area contributed by atoms with E-state index in [1.165, 1.54) is 24.3 Å². The molecule has 3 amide bonds. The first kappa shape index (κ1) is 25.2. The number of nitrogens with one attached hydrogen (secondary N) is 1. The van der Waals surface area contributed by atoms with E-state index in [2.05, 4.69) is 37.3 Å². The molecule has 0 saturated carbocycles. The highest BCUT2D eigenvalue weighted by atomic mass is 79.9. The molecule has 2 fully saturated rings. The van der Waals surface area contributed by atoms with Gasteiger partial charge >= 0.3 is 0 Å². The third-order valence-corrected chi connectivity index (χ3v) is 7.73. The Morgan fingerprint density at radius 3 is 2.42 bits per heavy atom. The Kier molecular flexibility index (Phi) is 6.86. The molecule has 2 heterocycles. The van der Waals surface area contributed by atoms with E-state index in [-0.39, 0.29) is 10.7 Å². The lowest BCUT2D eigenvalue weighted by Crippen LogP contribution is -2.48. The lowest BCUT2D eigenvalue weighted by Gasteiger charge is -2.26. The molecule has 3 aromatic rings. The first-order chi connectivity index (χ1) is 17.2. The minimum absolute atomic E-state index is 0.151. The van der Waals surface area contributed by atoms with Gasteiger partial charge in [0, 0.05) is 25.1 Å². The van der Waals surface area contributed by atoms with Crippen LogP contribution in [0.4, 0.5) is 5.69 Å². The first-order valence-corrected chi connectivity index (χ1v) is 13.1. The molecular weight excluding hydrogens is 637 g/mol. The van der Waals surface area contributed by atoms with Crippen LogP contribution in [-0.4, -0.2) is 35.9 Å². The van der Waals surface area contributed by atoms with Crippen molar-refractivity contribution in [3.8, 4) is 5.75 Å². The van der Waals surface area contributed by atoms with Crippen molar-refractivity contribution in [1.82, 2.24) is 10.4 Å². The van der Waals surface area contributed by atoms with Crippen molar-refractivity contribution in [2.24, 2.45) is 5.92 Å². The second kappa shape index (κ2) is 9.79. The molecule has 0 aromatic heterocycles. The van der Waals surface area contributed by atoms with E-state index in [9.17, 15) is 14.4 Å². The summed E-state index contributed by atoms with van der Waals surface area (Å²) in [6, 6.07) is 14.9. The molecule has 3 atom stereocenters. The number of amides is 3. The van der Waals surface area contributed by atoms with Crippen molar-refractivity contribution in [3.05, 3.63) is 90.8 Å². The number of fused-ring (bicyclic) bond motifs is 1. The third-order valence-electron chi connectivity index (χ3n) is 6.20. The number of rotatable bonds is 4. The van der Waals surface area contributed by atoms with Crippen LogP contribution >= 0.6 is 55.1 Å². The highest BCUT2D eigenvalue weighted by Crippen LogP contribution is 2.46. The molecule has 2 saturated heterocycles. The Morgan fingerprint density at radius 2 is 1.72 bits per heavy atom. The SMILES string of the molecule is COc1ccc(Br)cc1[C@@H]1NN(C(=O)c2cccc(Br)c2)[C@H]2C(=O)N(c3ccc(Cl)cc3Cl)C(=O)[C@H]12. The Morgan fingerprint density at radius 1 is 0.972 bits per heavy atom. The van der Waals surface area contributed by atoms with Crippen molar-refractivity contribution in [1.29, 1.82) is 0 Å². The normalized spacial score (nSPS) is 21.2. The third kappa shape index (κ3) is 4.22. The summed E-state index contributed by atoms with van der Waals surface area (Å²) >= 11 is 19.2. The maximum atomic E-state index is 13.8. The predicted molar refractivity (Wildman–Crippen MR) is 143 cm³/mol. The molecule has 11 heteroatoms. The second-order valence-electron chi connectivity index (χ2n) is 8.26. The van der Waals surface area contributed by atoms with Crippen molar-refractivity contribution in [2.45, 2.75) is 12.1 Å². The summed E-state index contributed by atoms with van der Waals surface area (Å²) in [6.45, 7) is 0. The Bertz CT molecular complexity index is 1420. The lowest BCUT2D eigenvalue weighted by molar-refractivity contribution is -0.123. The fourth-order valence-electron chi connectivity index (χ4n) is 4.64. The van der Waals surface area contributed by atoms with Gasteiger partial charge in [-0.25, -0.2) is 10.3 Å². The highest BCUT2D eigenvalue weighted by molar-refractivity contribution is 9.10. The number of hydrazine groups is 1. The Balaban J connectivity index is 1.64. The van der Waals surface area contributed by atoms with Crippen LogP contribution in [-0.2, 0) is 9.59 Å². The Hall–Kier alpha value is -2.43.